The molecule has 0 spiro atoms. The molecule has 3 aromatic rings. The molecule has 2 aromatic heterocycles. The molecule has 0 bridgehead atoms. The van der Waals surface area contributed by atoms with Crippen molar-refractivity contribution in [2.45, 2.75) is 27.7 Å². The maximum atomic E-state index is 12.8. The van der Waals surface area contributed by atoms with Crippen LogP contribution in [0.15, 0.2) is 30.3 Å². The van der Waals surface area contributed by atoms with Gasteiger partial charge in [-0.05, 0) is 57.0 Å². The summed E-state index contributed by atoms with van der Waals surface area (Å²) in [5.41, 5.74) is 7.44. The van der Waals surface area contributed by atoms with Gasteiger partial charge in [-0.15, -0.1) is 11.3 Å². The lowest BCUT2D eigenvalue weighted by Crippen LogP contribution is -2.20. The van der Waals surface area contributed by atoms with Crippen LogP contribution in [-0.4, -0.2) is 17.5 Å². The van der Waals surface area contributed by atoms with Crippen LogP contribution in [0, 0.1) is 39.0 Å². The number of nitriles is 1. The van der Waals surface area contributed by atoms with E-state index in [1.54, 1.807) is 16.2 Å². The summed E-state index contributed by atoms with van der Waals surface area (Å²) in [5.74, 6) is 0.00605. The van der Waals surface area contributed by atoms with Crippen LogP contribution < -0.4 is 4.90 Å². The second-order valence-electron chi connectivity index (χ2n) is 7.18. The normalized spacial score (nSPS) is 14.6. The fraction of sp³-hybridized carbons (Fsp3) is 0.217. The largest absolute Gasteiger partial charge is 0.311 e. The number of hydrogen-bond acceptors (Lipinski definition) is 3. The van der Waals surface area contributed by atoms with Gasteiger partial charge in [-0.25, -0.2) is 0 Å². The number of anilines is 1. The average molecular weight is 388 g/mol. The van der Waals surface area contributed by atoms with Crippen LogP contribution in [0.2, 0.25) is 0 Å². The number of nitrogens with zero attached hydrogens (tertiary/aromatic N) is 3. The van der Waals surface area contributed by atoms with Crippen LogP contribution in [0.3, 0.4) is 0 Å². The van der Waals surface area contributed by atoms with E-state index in [9.17, 15) is 10.1 Å². The van der Waals surface area contributed by atoms with Crippen molar-refractivity contribution in [1.82, 2.24) is 4.57 Å². The van der Waals surface area contributed by atoms with Gasteiger partial charge in [0, 0.05) is 34.4 Å². The second-order valence-corrected chi connectivity index (χ2v) is 8.38. The van der Waals surface area contributed by atoms with Crippen LogP contribution in [-0.2, 0) is 4.79 Å². The fourth-order valence-electron chi connectivity index (χ4n) is 3.84. The van der Waals surface area contributed by atoms with Gasteiger partial charge in [-0.3, -0.25) is 4.79 Å². The topological polar surface area (TPSA) is 49.0 Å². The van der Waals surface area contributed by atoms with Gasteiger partial charge in [0.2, 0.25) is 0 Å². The van der Waals surface area contributed by atoms with Crippen molar-refractivity contribution in [1.29, 1.82) is 5.26 Å². The molecule has 140 valence electrons. The summed E-state index contributed by atoms with van der Waals surface area (Å²) in [6.07, 6.45) is 1.98. The Bertz CT molecular complexity index is 1200. The molecule has 0 saturated carbocycles. The summed E-state index contributed by atoms with van der Waals surface area (Å²) in [4.78, 5) is 15.6. The van der Waals surface area contributed by atoms with E-state index in [-0.39, 0.29) is 5.91 Å². The Balaban J connectivity index is 1.89. The molecular formula is C23H21N3OS. The number of aromatic nitrogens is 1. The minimum Gasteiger partial charge on any atom is -0.311 e. The van der Waals surface area contributed by atoms with Crippen LogP contribution in [0.4, 0.5) is 5.69 Å². The molecule has 4 nitrogen and oxygen atoms in total. The molecule has 4 rings (SSSR count). The lowest BCUT2D eigenvalue weighted by molar-refractivity contribution is -0.112. The lowest BCUT2D eigenvalue weighted by atomic mass is 10.0. The maximum Gasteiger partial charge on any atom is 0.258 e. The van der Waals surface area contributed by atoms with Crippen molar-refractivity contribution < 1.29 is 4.79 Å². The van der Waals surface area contributed by atoms with Gasteiger partial charge in [0.1, 0.15) is 11.1 Å². The molecule has 0 unspecified atom stereocenters. The zero-order valence-corrected chi connectivity index (χ0v) is 17.4. The molecule has 0 atom stereocenters. The first kappa shape index (κ1) is 18.3. The number of amides is 1. The van der Waals surface area contributed by atoms with Crippen LogP contribution in [0.25, 0.3) is 16.7 Å². The summed E-state index contributed by atoms with van der Waals surface area (Å²) < 4.78 is 2.13. The molecule has 1 aliphatic rings. The first-order valence-corrected chi connectivity index (χ1v) is 9.95. The molecule has 28 heavy (non-hydrogen) atoms. The van der Waals surface area contributed by atoms with E-state index in [0.717, 1.165) is 49.2 Å². The molecule has 0 fully saturated rings. The molecule has 1 aromatic carbocycles. The quantitative estimate of drug-likeness (QED) is 0.570. The molecule has 1 amide bonds. The minimum atomic E-state index is 0.00605. The van der Waals surface area contributed by atoms with E-state index < -0.39 is 0 Å². The summed E-state index contributed by atoms with van der Waals surface area (Å²) in [6, 6.07) is 12.3. The van der Waals surface area contributed by atoms with Gasteiger partial charge in [-0.2, -0.15) is 5.26 Å². The van der Waals surface area contributed by atoms with Crippen molar-refractivity contribution >= 4 is 34.6 Å². The van der Waals surface area contributed by atoms with E-state index in [0.29, 0.717) is 5.57 Å². The summed E-state index contributed by atoms with van der Waals surface area (Å²) in [5, 5.41) is 10.6. The predicted octanol–water partition coefficient (Wildman–Crippen LogP) is 5.16. The number of para-hydroxylation sites is 1. The van der Waals surface area contributed by atoms with Crippen molar-refractivity contribution in [3.63, 3.8) is 0 Å². The number of fused-ring (bicyclic) bond motifs is 1. The highest BCUT2D eigenvalue weighted by Gasteiger charge is 2.29. The first-order chi connectivity index (χ1) is 13.3. The van der Waals surface area contributed by atoms with E-state index in [1.807, 2.05) is 65.1 Å². The average Bonchev–Trinajstić information content (AvgIpc) is 3.21. The number of carbonyl (C=O) groups excluding carboxylic acids is 1. The molecule has 1 aliphatic heterocycles. The smallest absolute Gasteiger partial charge is 0.258 e. The predicted molar refractivity (Wildman–Crippen MR) is 115 cm³/mol. The van der Waals surface area contributed by atoms with Gasteiger partial charge >= 0.3 is 0 Å². The standard InChI is InChI=1S/C23H21N3OS/c1-13-10-17(11-19-18-8-6-7-9-21(18)25(5)22(19)27)15(3)26(13)23-20(12-24)14(2)16(4)28-23/h6-11H,1-5H3/b19-11+. The first-order valence-electron chi connectivity index (χ1n) is 9.13. The van der Waals surface area contributed by atoms with E-state index in [1.165, 1.54) is 0 Å². The Morgan fingerprint density at radius 1 is 1.14 bits per heavy atom. The van der Waals surface area contributed by atoms with Crippen LogP contribution in [0.1, 0.15) is 38.5 Å². The third-order valence-electron chi connectivity index (χ3n) is 5.54. The third kappa shape index (κ3) is 2.53. The summed E-state index contributed by atoms with van der Waals surface area (Å²) in [6.45, 7) is 8.12. The number of hydrogen-bond donors (Lipinski definition) is 0. The number of carbonyl (C=O) groups is 1. The number of rotatable bonds is 2. The van der Waals surface area contributed by atoms with Gasteiger partial charge in [-0.1, -0.05) is 18.2 Å². The van der Waals surface area contributed by atoms with E-state index in [4.69, 9.17) is 0 Å². The highest BCUT2D eigenvalue weighted by atomic mass is 32.1. The van der Waals surface area contributed by atoms with E-state index in [2.05, 4.69) is 16.7 Å². The second kappa shape index (κ2) is 6.50. The van der Waals surface area contributed by atoms with Crippen molar-refractivity contribution in [2.24, 2.45) is 0 Å². The molecule has 0 N–H and O–H groups in total. The zero-order chi connectivity index (χ0) is 20.2. The molecular weight excluding hydrogens is 366 g/mol. The Morgan fingerprint density at radius 2 is 1.86 bits per heavy atom. The molecule has 3 heterocycles. The minimum absolute atomic E-state index is 0.00605. The fourth-order valence-corrected chi connectivity index (χ4v) is 5.06. The van der Waals surface area contributed by atoms with Crippen LogP contribution >= 0.6 is 11.3 Å². The van der Waals surface area contributed by atoms with Gasteiger partial charge < -0.3 is 9.47 Å². The van der Waals surface area contributed by atoms with Crippen molar-refractivity contribution in [2.75, 3.05) is 11.9 Å². The number of thiophene rings is 1. The SMILES string of the molecule is Cc1sc(-n2c(C)cc(/C=C3/C(=O)N(C)c4ccccc43)c2C)c(C#N)c1C. The van der Waals surface area contributed by atoms with Crippen molar-refractivity contribution in [3.05, 3.63) is 68.9 Å². The summed E-state index contributed by atoms with van der Waals surface area (Å²) >= 11 is 1.64. The van der Waals surface area contributed by atoms with Gasteiger partial charge in [0.25, 0.3) is 5.91 Å². The lowest BCUT2D eigenvalue weighted by Gasteiger charge is -2.08. The zero-order valence-electron chi connectivity index (χ0n) is 16.6. The molecule has 0 radical (unpaired) electrons. The van der Waals surface area contributed by atoms with Crippen molar-refractivity contribution in [3.8, 4) is 11.1 Å². The molecule has 0 saturated heterocycles. The Labute approximate surface area is 169 Å². The van der Waals surface area contributed by atoms with Crippen LogP contribution in [0.5, 0.6) is 0 Å². The van der Waals surface area contributed by atoms with E-state index >= 15 is 0 Å². The highest BCUT2D eigenvalue weighted by Crippen LogP contribution is 2.38. The summed E-state index contributed by atoms with van der Waals surface area (Å²) in [7, 11) is 1.81. The third-order valence-corrected chi connectivity index (χ3v) is 6.73. The number of benzene rings is 1. The van der Waals surface area contributed by atoms with Gasteiger partial charge in [0.05, 0.1) is 11.3 Å². The number of likely N-dealkylation sites (N-methyl/N-ethyl adjacent to an activating group) is 1. The Morgan fingerprint density at radius 3 is 2.57 bits per heavy atom. The molecule has 5 heteroatoms. The Hall–Kier alpha value is -3.10. The Kier molecular flexibility index (Phi) is 4.24. The maximum absolute atomic E-state index is 12.8. The van der Waals surface area contributed by atoms with Gasteiger partial charge in [0.15, 0.2) is 0 Å². The monoisotopic (exact) mass is 387 g/mol. The molecule has 0 aliphatic carbocycles. The number of aryl methyl sites for hydroxylation is 2. The highest BCUT2D eigenvalue weighted by molar-refractivity contribution is 7.14.